The number of amides is 1. The largest absolute Gasteiger partial charge is 0.497 e. The number of nitrogens with zero attached hydrogens (tertiary/aromatic N) is 5. The van der Waals surface area contributed by atoms with Crippen LogP contribution < -0.4 is 10.1 Å². The van der Waals surface area contributed by atoms with E-state index in [4.69, 9.17) is 4.74 Å². The summed E-state index contributed by atoms with van der Waals surface area (Å²) in [6.07, 6.45) is 0. The minimum Gasteiger partial charge on any atom is -0.497 e. The molecule has 1 amide bonds. The highest BCUT2D eigenvalue weighted by Crippen LogP contribution is 2.35. The third-order valence-electron chi connectivity index (χ3n) is 4.13. The average Bonchev–Trinajstić information content (AvgIpc) is 3.38. The molecular formula is C20H18N6O2S3. The van der Waals surface area contributed by atoms with Crippen LogP contribution in [0, 0.1) is 13.8 Å². The van der Waals surface area contributed by atoms with Crippen molar-refractivity contribution in [3.63, 3.8) is 0 Å². The van der Waals surface area contributed by atoms with Crippen molar-refractivity contribution in [3.05, 3.63) is 47.1 Å². The van der Waals surface area contributed by atoms with Gasteiger partial charge in [0.15, 0.2) is 0 Å². The smallest absolute Gasteiger partial charge is 0.236 e. The Balaban J connectivity index is 1.40. The molecule has 11 heteroatoms. The van der Waals surface area contributed by atoms with E-state index in [0.717, 1.165) is 37.6 Å². The van der Waals surface area contributed by atoms with Crippen LogP contribution in [0.15, 0.2) is 41.4 Å². The fraction of sp³-hybridized carbons (Fsp3) is 0.200. The first kappa shape index (κ1) is 21.3. The van der Waals surface area contributed by atoms with Gasteiger partial charge in [-0.3, -0.25) is 10.1 Å². The molecule has 158 valence electrons. The molecule has 1 aromatic carbocycles. The van der Waals surface area contributed by atoms with Gasteiger partial charge >= 0.3 is 0 Å². The second-order valence-electron chi connectivity index (χ2n) is 6.38. The van der Waals surface area contributed by atoms with Crippen LogP contribution in [0.25, 0.3) is 21.1 Å². The summed E-state index contributed by atoms with van der Waals surface area (Å²) < 4.78 is 5.21. The molecule has 4 rings (SSSR count). The predicted molar refractivity (Wildman–Crippen MR) is 124 cm³/mol. The molecule has 0 radical (unpaired) electrons. The summed E-state index contributed by atoms with van der Waals surface area (Å²) in [4.78, 5) is 17.7. The van der Waals surface area contributed by atoms with E-state index in [9.17, 15) is 4.79 Å². The second-order valence-corrected chi connectivity index (χ2v) is 9.56. The number of aryl methyl sites for hydroxylation is 2. The van der Waals surface area contributed by atoms with Crippen molar-refractivity contribution in [2.24, 2.45) is 0 Å². The number of carbonyl (C=O) groups excluding carboxylic acids is 1. The van der Waals surface area contributed by atoms with Crippen LogP contribution in [0.4, 0.5) is 5.13 Å². The molecule has 0 aliphatic rings. The zero-order valence-corrected chi connectivity index (χ0v) is 19.4. The number of hydrogen-bond acceptors (Lipinski definition) is 10. The average molecular weight is 471 g/mol. The highest BCUT2D eigenvalue weighted by atomic mass is 32.2. The molecule has 4 aromatic rings. The molecule has 0 saturated heterocycles. The van der Waals surface area contributed by atoms with Crippen LogP contribution in [-0.2, 0) is 4.79 Å². The van der Waals surface area contributed by atoms with Gasteiger partial charge in [0.1, 0.15) is 26.5 Å². The minimum absolute atomic E-state index is 0.158. The van der Waals surface area contributed by atoms with Crippen molar-refractivity contribution < 1.29 is 9.53 Å². The molecule has 31 heavy (non-hydrogen) atoms. The minimum atomic E-state index is -0.158. The van der Waals surface area contributed by atoms with Crippen LogP contribution in [0.5, 0.6) is 5.75 Å². The van der Waals surface area contributed by atoms with Crippen LogP contribution in [0.3, 0.4) is 0 Å². The van der Waals surface area contributed by atoms with E-state index in [1.807, 2.05) is 50.2 Å². The fourth-order valence-electron chi connectivity index (χ4n) is 2.65. The molecule has 0 aliphatic heterocycles. The molecule has 0 spiro atoms. The normalized spacial score (nSPS) is 10.8. The lowest BCUT2D eigenvalue weighted by atomic mass is 10.2. The molecule has 3 heterocycles. The Hall–Kier alpha value is -2.89. The number of anilines is 1. The Morgan fingerprint density at radius 2 is 1.84 bits per heavy atom. The summed E-state index contributed by atoms with van der Waals surface area (Å²) in [5.74, 6) is 0.867. The van der Waals surface area contributed by atoms with E-state index in [1.165, 1.54) is 23.1 Å². The predicted octanol–water partition coefficient (Wildman–Crippen LogP) is 4.47. The zero-order valence-electron chi connectivity index (χ0n) is 16.9. The molecule has 0 atom stereocenters. The molecule has 0 fully saturated rings. The Labute approximate surface area is 191 Å². The first-order chi connectivity index (χ1) is 15.0. The van der Waals surface area contributed by atoms with Gasteiger partial charge in [0.25, 0.3) is 0 Å². The molecule has 1 N–H and O–H groups in total. The summed E-state index contributed by atoms with van der Waals surface area (Å²) >= 11 is 4.22. The first-order valence-electron chi connectivity index (χ1n) is 9.20. The highest BCUT2D eigenvalue weighted by Gasteiger charge is 2.14. The Morgan fingerprint density at radius 1 is 1.03 bits per heavy atom. The number of rotatable bonds is 7. The van der Waals surface area contributed by atoms with Gasteiger partial charge in [0.05, 0.1) is 23.4 Å². The Kier molecular flexibility index (Phi) is 6.54. The first-order valence-corrected chi connectivity index (χ1v) is 11.8. The van der Waals surface area contributed by atoms with Gasteiger partial charge in [-0.1, -0.05) is 23.1 Å². The maximum absolute atomic E-state index is 12.1. The number of hydrogen-bond donors (Lipinski definition) is 1. The monoisotopic (exact) mass is 470 g/mol. The zero-order chi connectivity index (χ0) is 21.8. The summed E-state index contributed by atoms with van der Waals surface area (Å²) in [6.45, 7) is 3.80. The van der Waals surface area contributed by atoms with Gasteiger partial charge in [-0.05, 0) is 50.2 Å². The van der Waals surface area contributed by atoms with Crippen LogP contribution >= 0.6 is 34.4 Å². The van der Waals surface area contributed by atoms with Crippen molar-refractivity contribution in [1.82, 2.24) is 25.4 Å². The number of nitrogens with one attached hydrogen (secondary N) is 1. The lowest BCUT2D eigenvalue weighted by Gasteiger charge is -2.02. The van der Waals surface area contributed by atoms with Crippen LogP contribution in [-0.4, -0.2) is 44.1 Å². The molecular weight excluding hydrogens is 452 g/mol. The number of benzene rings is 1. The van der Waals surface area contributed by atoms with Crippen LogP contribution in [0.1, 0.15) is 10.7 Å². The standard InChI is InChI=1S/C20H18N6O2S3/c1-11-18(31-19(21-11)13-4-6-14(28-3)7-5-13)15-8-9-17(25-24-15)29-10-16(27)22-20-26-23-12(2)30-20/h4-9H,10H2,1-3H3,(H,22,26,27). The number of thioether (sulfide) groups is 1. The third kappa shape index (κ3) is 5.24. The maximum Gasteiger partial charge on any atom is 0.236 e. The lowest BCUT2D eigenvalue weighted by Crippen LogP contribution is -2.14. The van der Waals surface area contributed by atoms with Crippen LogP contribution in [0.2, 0.25) is 0 Å². The van der Waals surface area contributed by atoms with Crippen molar-refractivity contribution in [1.29, 1.82) is 0 Å². The van der Waals surface area contributed by atoms with Gasteiger partial charge in [-0.15, -0.1) is 31.7 Å². The summed E-state index contributed by atoms with van der Waals surface area (Å²) in [5, 5.41) is 22.0. The van der Waals surface area contributed by atoms with E-state index >= 15 is 0 Å². The Bertz CT molecular complexity index is 1190. The molecule has 0 unspecified atom stereocenters. The highest BCUT2D eigenvalue weighted by molar-refractivity contribution is 7.99. The fourth-order valence-corrected chi connectivity index (χ4v) is 4.91. The van der Waals surface area contributed by atoms with Gasteiger partial charge in [-0.25, -0.2) is 4.98 Å². The van der Waals surface area contributed by atoms with Crippen molar-refractivity contribution >= 4 is 45.5 Å². The van der Waals surface area contributed by atoms with Gasteiger partial charge in [0, 0.05) is 5.56 Å². The van der Waals surface area contributed by atoms with Gasteiger partial charge in [-0.2, -0.15) is 0 Å². The quantitative estimate of drug-likeness (QED) is 0.395. The van der Waals surface area contributed by atoms with E-state index in [1.54, 1.807) is 18.4 Å². The van der Waals surface area contributed by atoms with Gasteiger partial charge in [0.2, 0.25) is 11.0 Å². The number of ether oxygens (including phenoxy) is 1. The number of methoxy groups -OCH3 is 1. The topological polar surface area (TPSA) is 103 Å². The SMILES string of the molecule is COc1ccc(-c2nc(C)c(-c3ccc(SCC(=O)Nc4nnc(C)s4)nn3)s2)cc1. The molecule has 0 saturated carbocycles. The van der Waals surface area contributed by atoms with Gasteiger partial charge < -0.3 is 4.74 Å². The molecule has 0 aliphatic carbocycles. The number of thiazole rings is 1. The van der Waals surface area contributed by atoms with E-state index in [0.29, 0.717) is 10.2 Å². The van der Waals surface area contributed by atoms with Crippen molar-refractivity contribution in [2.45, 2.75) is 18.9 Å². The van der Waals surface area contributed by atoms with E-state index in [2.05, 4.69) is 30.7 Å². The third-order valence-corrected chi connectivity index (χ3v) is 7.03. The number of aromatic nitrogens is 5. The summed E-state index contributed by atoms with van der Waals surface area (Å²) in [5.41, 5.74) is 2.68. The maximum atomic E-state index is 12.1. The van der Waals surface area contributed by atoms with E-state index in [-0.39, 0.29) is 11.7 Å². The van der Waals surface area contributed by atoms with E-state index < -0.39 is 0 Å². The molecule has 8 nitrogen and oxygen atoms in total. The summed E-state index contributed by atoms with van der Waals surface area (Å²) in [6, 6.07) is 11.6. The van der Waals surface area contributed by atoms with Crippen molar-refractivity contribution in [3.8, 4) is 26.9 Å². The summed E-state index contributed by atoms with van der Waals surface area (Å²) in [7, 11) is 1.65. The molecule has 0 bridgehead atoms. The Morgan fingerprint density at radius 3 is 2.48 bits per heavy atom. The number of carbonyl (C=O) groups is 1. The molecule has 3 aromatic heterocycles. The second kappa shape index (κ2) is 9.50. The lowest BCUT2D eigenvalue weighted by molar-refractivity contribution is -0.113. The van der Waals surface area contributed by atoms with Crippen molar-refractivity contribution in [2.75, 3.05) is 18.2 Å².